The van der Waals surface area contributed by atoms with E-state index in [-0.39, 0.29) is 12.2 Å². The maximum absolute atomic E-state index is 5.70. The fourth-order valence-corrected chi connectivity index (χ4v) is 2.18. The molecule has 1 fully saturated rings. The summed E-state index contributed by atoms with van der Waals surface area (Å²) in [6.45, 7) is 5.99. The predicted molar refractivity (Wildman–Crippen MR) is 68.5 cm³/mol. The largest absolute Gasteiger partial charge is 0.370 e. The van der Waals surface area contributed by atoms with Gasteiger partial charge in [0.05, 0.1) is 6.61 Å². The third-order valence-corrected chi connectivity index (χ3v) is 3.21. The van der Waals surface area contributed by atoms with Crippen LogP contribution in [0.15, 0.2) is 4.52 Å². The van der Waals surface area contributed by atoms with Gasteiger partial charge >= 0.3 is 0 Å². The van der Waals surface area contributed by atoms with Crippen molar-refractivity contribution in [3.05, 3.63) is 11.7 Å². The minimum absolute atomic E-state index is 0.131. The number of nitrogens with two attached hydrogens (primary N) is 1. The third kappa shape index (κ3) is 3.50. The van der Waals surface area contributed by atoms with Crippen LogP contribution in [0.3, 0.4) is 0 Å². The summed E-state index contributed by atoms with van der Waals surface area (Å²) in [5.41, 5.74) is 5.57. The highest BCUT2D eigenvalue weighted by Crippen LogP contribution is 2.22. The monoisotopic (exact) mass is 270 g/mol. The Morgan fingerprint density at radius 3 is 3.11 bits per heavy atom. The average molecular weight is 270 g/mol. The Kier molecular flexibility index (Phi) is 5.26. The van der Waals surface area contributed by atoms with Crippen LogP contribution in [0.1, 0.15) is 37.3 Å². The maximum atomic E-state index is 5.70. The van der Waals surface area contributed by atoms with Crippen molar-refractivity contribution >= 4 is 0 Å². The minimum Gasteiger partial charge on any atom is -0.370 e. The van der Waals surface area contributed by atoms with Crippen molar-refractivity contribution in [2.75, 3.05) is 39.9 Å². The molecule has 0 radical (unpaired) electrons. The van der Waals surface area contributed by atoms with E-state index in [2.05, 4.69) is 22.0 Å². The van der Waals surface area contributed by atoms with Gasteiger partial charge in [0, 0.05) is 26.7 Å². The number of ether oxygens (including phenoxy) is 2. The van der Waals surface area contributed by atoms with Gasteiger partial charge in [-0.15, -0.1) is 0 Å². The molecule has 1 aliphatic heterocycles. The van der Waals surface area contributed by atoms with Gasteiger partial charge in [0.25, 0.3) is 5.89 Å². The van der Waals surface area contributed by atoms with Crippen LogP contribution < -0.4 is 5.73 Å². The van der Waals surface area contributed by atoms with Crippen LogP contribution in [0.5, 0.6) is 0 Å². The van der Waals surface area contributed by atoms with Gasteiger partial charge in [0.1, 0.15) is 12.2 Å². The summed E-state index contributed by atoms with van der Waals surface area (Å²) >= 11 is 0. The Bertz CT molecular complexity index is 379. The van der Waals surface area contributed by atoms with Crippen LogP contribution in [0.2, 0.25) is 0 Å². The minimum atomic E-state index is -0.350. The van der Waals surface area contributed by atoms with Crippen LogP contribution >= 0.6 is 0 Å². The first-order valence-corrected chi connectivity index (χ1v) is 6.68. The van der Waals surface area contributed by atoms with E-state index in [1.54, 1.807) is 7.11 Å². The predicted octanol–water partition coefficient (Wildman–Crippen LogP) is 0.499. The Morgan fingerprint density at radius 2 is 2.42 bits per heavy atom. The number of methoxy groups -OCH3 is 1. The summed E-state index contributed by atoms with van der Waals surface area (Å²) in [6.07, 6.45) is 0.646. The molecule has 2 unspecified atom stereocenters. The van der Waals surface area contributed by atoms with Crippen LogP contribution in [0.25, 0.3) is 0 Å². The SMILES string of the molecule is CCCN1CCOC(c2noc(C(CN)OC)n2)C1. The van der Waals surface area contributed by atoms with Gasteiger partial charge in [-0.1, -0.05) is 12.1 Å². The standard InChI is InChI=1S/C12H22N4O3/c1-3-4-16-5-6-18-10(8-16)11-14-12(19-15-11)9(7-13)17-2/h9-10H,3-8,13H2,1-2H3. The number of morpholine rings is 1. The van der Waals surface area contributed by atoms with Gasteiger partial charge in [-0.25, -0.2) is 0 Å². The first-order valence-electron chi connectivity index (χ1n) is 6.68. The lowest BCUT2D eigenvalue weighted by molar-refractivity contribution is -0.0350. The van der Waals surface area contributed by atoms with Gasteiger partial charge in [0.2, 0.25) is 5.82 Å². The molecule has 1 aliphatic rings. The molecule has 0 spiro atoms. The molecule has 0 aliphatic carbocycles. The Morgan fingerprint density at radius 1 is 1.58 bits per heavy atom. The molecular formula is C12H22N4O3. The zero-order valence-electron chi connectivity index (χ0n) is 11.5. The number of rotatable bonds is 6. The molecule has 0 saturated carbocycles. The molecule has 108 valence electrons. The van der Waals surface area contributed by atoms with Gasteiger partial charge in [0.15, 0.2) is 0 Å². The highest BCUT2D eigenvalue weighted by molar-refractivity contribution is 4.96. The second-order valence-electron chi connectivity index (χ2n) is 4.61. The van der Waals surface area contributed by atoms with Crippen molar-refractivity contribution in [2.45, 2.75) is 25.6 Å². The molecule has 2 heterocycles. The molecule has 2 N–H and O–H groups in total. The zero-order valence-corrected chi connectivity index (χ0v) is 11.5. The van der Waals surface area contributed by atoms with Crippen LogP contribution in [-0.4, -0.2) is 54.9 Å². The summed E-state index contributed by atoms with van der Waals surface area (Å²) < 4.78 is 16.1. The summed E-state index contributed by atoms with van der Waals surface area (Å²) in [6, 6.07) is 0. The quantitative estimate of drug-likeness (QED) is 0.805. The topological polar surface area (TPSA) is 86.6 Å². The second kappa shape index (κ2) is 6.95. The molecule has 7 heteroatoms. The smallest absolute Gasteiger partial charge is 0.257 e. The summed E-state index contributed by atoms with van der Waals surface area (Å²) in [5.74, 6) is 0.988. The van der Waals surface area contributed by atoms with Gasteiger partial charge in [-0.2, -0.15) is 4.98 Å². The summed E-state index contributed by atoms with van der Waals surface area (Å²) in [5, 5.41) is 3.98. The molecule has 19 heavy (non-hydrogen) atoms. The fraction of sp³-hybridized carbons (Fsp3) is 0.833. The lowest BCUT2D eigenvalue weighted by atomic mass is 10.2. The van der Waals surface area contributed by atoms with E-state index in [0.29, 0.717) is 24.9 Å². The highest BCUT2D eigenvalue weighted by Gasteiger charge is 2.27. The number of hydrogen-bond donors (Lipinski definition) is 1. The molecule has 1 aromatic rings. The normalized spacial score (nSPS) is 22.6. The molecule has 0 amide bonds. The van der Waals surface area contributed by atoms with E-state index in [1.165, 1.54) is 0 Å². The molecule has 0 aromatic carbocycles. The Balaban J connectivity index is 2.01. The van der Waals surface area contributed by atoms with Gasteiger partial charge < -0.3 is 19.7 Å². The fourth-order valence-electron chi connectivity index (χ4n) is 2.18. The van der Waals surface area contributed by atoms with Crippen LogP contribution in [-0.2, 0) is 9.47 Å². The van der Waals surface area contributed by atoms with E-state index in [1.807, 2.05) is 0 Å². The lowest BCUT2D eigenvalue weighted by Gasteiger charge is -2.30. The summed E-state index contributed by atoms with van der Waals surface area (Å²) in [7, 11) is 1.57. The highest BCUT2D eigenvalue weighted by atomic mass is 16.5. The molecule has 7 nitrogen and oxygen atoms in total. The van der Waals surface area contributed by atoms with Crippen molar-refractivity contribution in [1.82, 2.24) is 15.0 Å². The molecule has 0 bridgehead atoms. The first-order chi connectivity index (χ1) is 9.28. The molecule has 1 aromatic heterocycles. The molecule has 2 rings (SSSR count). The van der Waals surface area contributed by atoms with Crippen molar-refractivity contribution in [3.63, 3.8) is 0 Å². The van der Waals surface area contributed by atoms with Crippen LogP contribution in [0, 0.1) is 0 Å². The third-order valence-electron chi connectivity index (χ3n) is 3.21. The lowest BCUT2D eigenvalue weighted by Crippen LogP contribution is -2.39. The molecular weight excluding hydrogens is 248 g/mol. The molecule has 1 saturated heterocycles. The Labute approximate surface area is 113 Å². The van der Waals surface area contributed by atoms with Crippen molar-refractivity contribution in [1.29, 1.82) is 0 Å². The van der Waals surface area contributed by atoms with E-state index in [9.17, 15) is 0 Å². The van der Waals surface area contributed by atoms with E-state index in [4.69, 9.17) is 19.7 Å². The number of nitrogens with zero attached hydrogens (tertiary/aromatic N) is 3. The zero-order chi connectivity index (χ0) is 13.7. The van der Waals surface area contributed by atoms with E-state index in [0.717, 1.165) is 26.1 Å². The number of aromatic nitrogens is 2. The van der Waals surface area contributed by atoms with Crippen molar-refractivity contribution in [3.8, 4) is 0 Å². The second-order valence-corrected chi connectivity index (χ2v) is 4.61. The first kappa shape index (κ1) is 14.4. The Hall–Kier alpha value is -1.02. The van der Waals surface area contributed by atoms with Crippen molar-refractivity contribution < 1.29 is 14.0 Å². The van der Waals surface area contributed by atoms with E-state index < -0.39 is 0 Å². The van der Waals surface area contributed by atoms with Crippen molar-refractivity contribution in [2.24, 2.45) is 5.73 Å². The maximum Gasteiger partial charge on any atom is 0.257 e. The van der Waals surface area contributed by atoms with Gasteiger partial charge in [-0.3, -0.25) is 4.90 Å². The average Bonchev–Trinajstić information content (AvgIpc) is 2.91. The molecule has 2 atom stereocenters. The summed E-state index contributed by atoms with van der Waals surface area (Å²) in [4.78, 5) is 6.68. The number of hydrogen-bond acceptors (Lipinski definition) is 7. The van der Waals surface area contributed by atoms with Crippen LogP contribution in [0.4, 0.5) is 0 Å². The van der Waals surface area contributed by atoms with Gasteiger partial charge in [-0.05, 0) is 13.0 Å². The van der Waals surface area contributed by atoms with E-state index >= 15 is 0 Å².